The first-order valence-corrected chi connectivity index (χ1v) is 7.36. The van der Waals surface area contributed by atoms with Gasteiger partial charge in [-0.3, -0.25) is 9.59 Å². The van der Waals surface area contributed by atoms with Crippen molar-refractivity contribution in [2.75, 3.05) is 14.2 Å². The van der Waals surface area contributed by atoms with Gasteiger partial charge >= 0.3 is 5.97 Å². The molecule has 0 aliphatic carbocycles. The molecule has 1 aromatic rings. The van der Waals surface area contributed by atoms with Crippen LogP contribution >= 0.6 is 0 Å². The first-order valence-electron chi connectivity index (χ1n) is 7.36. The van der Waals surface area contributed by atoms with Gasteiger partial charge in [0.25, 0.3) is 0 Å². The molecule has 0 heterocycles. The van der Waals surface area contributed by atoms with E-state index in [1.807, 2.05) is 30.3 Å². The summed E-state index contributed by atoms with van der Waals surface area (Å²) in [6.45, 7) is 0. The molecule has 4 N–H and O–H groups in total. The highest BCUT2D eigenvalue weighted by atomic mass is 16.5. The predicted octanol–water partition coefficient (Wildman–Crippen LogP) is -0.260. The van der Waals surface area contributed by atoms with E-state index in [4.69, 9.17) is 5.73 Å². The number of hydrogen-bond donors (Lipinski definition) is 3. The van der Waals surface area contributed by atoms with Gasteiger partial charge < -0.3 is 21.1 Å². The second kappa shape index (κ2) is 9.58. The lowest BCUT2D eigenvalue weighted by Gasteiger charge is -2.19. The van der Waals surface area contributed by atoms with Gasteiger partial charge in [-0.05, 0) is 18.4 Å². The van der Waals surface area contributed by atoms with Gasteiger partial charge in [0.1, 0.15) is 6.04 Å². The van der Waals surface area contributed by atoms with E-state index in [0.29, 0.717) is 6.42 Å². The summed E-state index contributed by atoms with van der Waals surface area (Å²) < 4.78 is 4.65. The van der Waals surface area contributed by atoms with E-state index in [0.717, 1.165) is 5.56 Å². The van der Waals surface area contributed by atoms with Gasteiger partial charge in [0.05, 0.1) is 13.2 Å². The van der Waals surface area contributed by atoms with Crippen molar-refractivity contribution in [1.82, 2.24) is 10.6 Å². The number of carbonyl (C=O) groups excluding carboxylic acids is 3. The van der Waals surface area contributed by atoms with Crippen molar-refractivity contribution in [3.05, 3.63) is 35.9 Å². The molecule has 2 atom stereocenters. The average molecular weight is 321 g/mol. The Kier molecular flexibility index (Phi) is 7.76. The Morgan fingerprint density at radius 1 is 1.22 bits per heavy atom. The molecule has 0 unspecified atom stereocenters. The van der Waals surface area contributed by atoms with Crippen molar-refractivity contribution in [2.45, 2.75) is 31.3 Å². The Morgan fingerprint density at radius 2 is 1.87 bits per heavy atom. The fourth-order valence-electron chi connectivity index (χ4n) is 2.03. The highest BCUT2D eigenvalue weighted by molar-refractivity contribution is 5.88. The van der Waals surface area contributed by atoms with Crippen LogP contribution in [0, 0.1) is 0 Å². The fraction of sp³-hybridized carbons (Fsp3) is 0.438. The fourth-order valence-corrected chi connectivity index (χ4v) is 2.03. The molecule has 1 rings (SSSR count). The minimum absolute atomic E-state index is 0.102. The third kappa shape index (κ3) is 6.48. The number of methoxy groups -OCH3 is 1. The lowest BCUT2D eigenvalue weighted by Crippen LogP contribution is -2.49. The van der Waals surface area contributed by atoms with Gasteiger partial charge in [0.2, 0.25) is 11.8 Å². The van der Waals surface area contributed by atoms with Gasteiger partial charge in [-0.2, -0.15) is 0 Å². The molecule has 0 aliphatic heterocycles. The van der Waals surface area contributed by atoms with Crippen LogP contribution in [0.15, 0.2) is 30.3 Å². The molecule has 0 spiro atoms. The van der Waals surface area contributed by atoms with Crippen molar-refractivity contribution in [2.24, 2.45) is 5.73 Å². The molecule has 0 aromatic heterocycles. The van der Waals surface area contributed by atoms with Crippen LogP contribution in [0.1, 0.15) is 18.4 Å². The zero-order valence-electron chi connectivity index (χ0n) is 13.4. The molecule has 0 aliphatic rings. The molecule has 126 valence electrons. The molecular weight excluding hydrogens is 298 g/mol. The number of nitrogens with one attached hydrogen (secondary N) is 2. The van der Waals surface area contributed by atoms with Crippen molar-refractivity contribution >= 4 is 17.8 Å². The first-order chi connectivity index (χ1) is 11.0. The maximum Gasteiger partial charge on any atom is 0.328 e. The lowest BCUT2D eigenvalue weighted by atomic mass is 10.0. The minimum atomic E-state index is -0.897. The molecule has 0 fully saturated rings. The van der Waals surface area contributed by atoms with Gasteiger partial charge in [0, 0.05) is 13.5 Å². The highest BCUT2D eigenvalue weighted by Gasteiger charge is 2.25. The van der Waals surface area contributed by atoms with Crippen LogP contribution in [-0.2, 0) is 25.5 Å². The minimum Gasteiger partial charge on any atom is -0.467 e. The van der Waals surface area contributed by atoms with Crippen LogP contribution in [0.4, 0.5) is 0 Å². The molecule has 2 amide bonds. The van der Waals surface area contributed by atoms with Crippen LogP contribution in [0.3, 0.4) is 0 Å². The molecule has 0 radical (unpaired) electrons. The van der Waals surface area contributed by atoms with E-state index >= 15 is 0 Å². The van der Waals surface area contributed by atoms with Gasteiger partial charge in [-0.1, -0.05) is 30.3 Å². The summed E-state index contributed by atoms with van der Waals surface area (Å²) in [7, 11) is 2.73. The Labute approximate surface area is 135 Å². The summed E-state index contributed by atoms with van der Waals surface area (Å²) in [4.78, 5) is 35.2. The zero-order valence-corrected chi connectivity index (χ0v) is 13.4. The summed E-state index contributed by atoms with van der Waals surface area (Å²) in [6, 6.07) is 7.66. The molecule has 0 saturated heterocycles. The van der Waals surface area contributed by atoms with E-state index in [1.165, 1.54) is 14.2 Å². The first kappa shape index (κ1) is 18.6. The van der Waals surface area contributed by atoms with Crippen LogP contribution < -0.4 is 16.4 Å². The van der Waals surface area contributed by atoms with Crippen molar-refractivity contribution in [1.29, 1.82) is 0 Å². The van der Waals surface area contributed by atoms with Crippen molar-refractivity contribution in [3.8, 4) is 0 Å². The monoisotopic (exact) mass is 321 g/mol. The van der Waals surface area contributed by atoms with Crippen LogP contribution in [-0.4, -0.2) is 44.0 Å². The van der Waals surface area contributed by atoms with E-state index in [9.17, 15) is 14.4 Å². The van der Waals surface area contributed by atoms with Crippen molar-refractivity contribution < 1.29 is 19.1 Å². The van der Waals surface area contributed by atoms with E-state index in [-0.39, 0.29) is 18.7 Å². The Bertz CT molecular complexity index is 533. The molecule has 7 heteroatoms. The quantitative estimate of drug-likeness (QED) is 0.571. The lowest BCUT2D eigenvalue weighted by molar-refractivity contribution is -0.145. The third-order valence-corrected chi connectivity index (χ3v) is 3.38. The smallest absolute Gasteiger partial charge is 0.328 e. The van der Waals surface area contributed by atoms with E-state index in [1.54, 1.807) is 0 Å². The van der Waals surface area contributed by atoms with E-state index in [2.05, 4.69) is 15.4 Å². The topological polar surface area (TPSA) is 111 Å². The van der Waals surface area contributed by atoms with Crippen LogP contribution in [0.2, 0.25) is 0 Å². The largest absolute Gasteiger partial charge is 0.467 e. The van der Waals surface area contributed by atoms with Crippen molar-refractivity contribution in [3.63, 3.8) is 0 Å². The second-order valence-electron chi connectivity index (χ2n) is 5.09. The van der Waals surface area contributed by atoms with Gasteiger partial charge in [0.15, 0.2) is 0 Å². The van der Waals surface area contributed by atoms with Crippen LogP contribution in [0.25, 0.3) is 0 Å². The Balaban J connectivity index is 2.60. The molecule has 0 saturated carbocycles. The number of ether oxygens (including phenoxy) is 1. The summed E-state index contributed by atoms with van der Waals surface area (Å²) >= 11 is 0. The van der Waals surface area contributed by atoms with Gasteiger partial charge in [-0.15, -0.1) is 0 Å². The number of esters is 1. The standard InChI is InChI=1S/C16H23N3O4/c1-18-14(20)9-8-13(16(22)23-2)19-15(21)12(17)10-11-6-4-3-5-7-11/h3-7,12-13H,8-10,17H2,1-2H3,(H,18,20)(H,19,21)/t12-,13-/m0/s1. The summed E-state index contributed by atoms with van der Waals surface area (Å²) in [5.74, 6) is -1.28. The second-order valence-corrected chi connectivity index (χ2v) is 5.09. The summed E-state index contributed by atoms with van der Waals surface area (Å²) in [5.41, 5.74) is 6.80. The molecule has 7 nitrogen and oxygen atoms in total. The Morgan fingerprint density at radius 3 is 2.43 bits per heavy atom. The van der Waals surface area contributed by atoms with Crippen LogP contribution in [0.5, 0.6) is 0 Å². The number of nitrogens with two attached hydrogens (primary N) is 1. The predicted molar refractivity (Wildman–Crippen MR) is 85.4 cm³/mol. The molecule has 23 heavy (non-hydrogen) atoms. The zero-order chi connectivity index (χ0) is 17.2. The molecule has 1 aromatic carbocycles. The number of carbonyl (C=O) groups is 3. The number of benzene rings is 1. The third-order valence-electron chi connectivity index (χ3n) is 3.38. The summed E-state index contributed by atoms with van der Waals surface area (Å²) in [5, 5.41) is 5.01. The number of amides is 2. The maximum absolute atomic E-state index is 12.1. The SMILES string of the molecule is CNC(=O)CC[C@H](NC(=O)[C@@H](N)Cc1ccccc1)C(=O)OC. The molecule has 0 bridgehead atoms. The summed E-state index contributed by atoms with van der Waals surface area (Å²) in [6.07, 6.45) is 0.608. The maximum atomic E-state index is 12.1. The average Bonchev–Trinajstić information content (AvgIpc) is 2.58. The normalized spacial score (nSPS) is 12.8. The van der Waals surface area contributed by atoms with Gasteiger partial charge in [-0.25, -0.2) is 4.79 Å². The highest BCUT2D eigenvalue weighted by Crippen LogP contribution is 2.04. The number of hydrogen-bond acceptors (Lipinski definition) is 5. The molecular formula is C16H23N3O4. The Hall–Kier alpha value is -2.41. The van der Waals surface area contributed by atoms with E-state index < -0.39 is 24.0 Å². The number of rotatable bonds is 8.